The Labute approximate surface area is 148 Å². The third kappa shape index (κ3) is 4.54. The number of nitrogens with one attached hydrogen (secondary N) is 1. The number of rotatable bonds is 5. The highest BCUT2D eigenvalue weighted by Crippen LogP contribution is 2.31. The predicted molar refractivity (Wildman–Crippen MR) is 90.3 cm³/mol. The molecule has 3 rings (SSSR count). The molecule has 0 spiro atoms. The lowest BCUT2D eigenvalue weighted by Gasteiger charge is -2.15. The maximum absolute atomic E-state index is 12.8. The van der Waals surface area contributed by atoms with Gasteiger partial charge < -0.3 is 14.8 Å². The Morgan fingerprint density at radius 2 is 2.00 bits per heavy atom. The average Bonchev–Trinajstić information content (AvgIpc) is 3.13. The zero-order chi connectivity index (χ0) is 18.6. The molecule has 0 aliphatic carbocycles. The lowest BCUT2D eigenvalue weighted by Crippen LogP contribution is -2.19. The molecular weight excluding hydrogens is 347 g/mol. The van der Waals surface area contributed by atoms with Gasteiger partial charge in [0.25, 0.3) is 5.91 Å². The molecule has 138 valence electrons. The number of amides is 1. The number of carbonyl (C=O) groups excluding carboxylic acids is 1. The topological polar surface area (TPSA) is 47.6 Å². The van der Waals surface area contributed by atoms with Gasteiger partial charge in [0.05, 0.1) is 17.2 Å². The van der Waals surface area contributed by atoms with Crippen LogP contribution in [0.4, 0.5) is 18.9 Å². The number of alkyl halides is 3. The summed E-state index contributed by atoms with van der Waals surface area (Å²) < 4.78 is 49.6. The largest absolute Gasteiger partial charge is 0.490 e. The van der Waals surface area contributed by atoms with E-state index in [0.29, 0.717) is 19.0 Å². The Morgan fingerprint density at radius 1 is 1.19 bits per heavy atom. The van der Waals surface area contributed by atoms with Crippen LogP contribution in [0.5, 0.6) is 5.75 Å². The van der Waals surface area contributed by atoms with Gasteiger partial charge in [-0.25, -0.2) is 0 Å². The lowest BCUT2D eigenvalue weighted by molar-refractivity contribution is -0.137. The molecular formula is C19H18F3NO3. The number of carbonyl (C=O) groups is 1. The third-order valence-corrected chi connectivity index (χ3v) is 4.03. The van der Waals surface area contributed by atoms with E-state index < -0.39 is 17.6 Å². The molecule has 0 radical (unpaired) electrons. The van der Waals surface area contributed by atoms with E-state index in [1.807, 2.05) is 0 Å². The molecule has 1 unspecified atom stereocenters. The Morgan fingerprint density at radius 3 is 2.73 bits per heavy atom. The molecule has 0 saturated carbocycles. The average molecular weight is 365 g/mol. The number of hydrogen-bond acceptors (Lipinski definition) is 3. The van der Waals surface area contributed by atoms with Crippen LogP contribution in [0.3, 0.4) is 0 Å². The molecule has 1 atom stereocenters. The fourth-order valence-electron chi connectivity index (χ4n) is 2.71. The second-order valence-corrected chi connectivity index (χ2v) is 5.97. The van der Waals surface area contributed by atoms with Crippen molar-refractivity contribution in [3.8, 4) is 5.75 Å². The van der Waals surface area contributed by atoms with Gasteiger partial charge in [0.2, 0.25) is 0 Å². The van der Waals surface area contributed by atoms with E-state index in [9.17, 15) is 18.0 Å². The highest BCUT2D eigenvalue weighted by Gasteiger charge is 2.30. The van der Waals surface area contributed by atoms with Crippen LogP contribution in [0, 0.1) is 0 Å². The van der Waals surface area contributed by atoms with Crippen LogP contribution < -0.4 is 10.1 Å². The van der Waals surface area contributed by atoms with Crippen molar-refractivity contribution in [1.82, 2.24) is 0 Å². The summed E-state index contributed by atoms with van der Waals surface area (Å²) in [5.74, 6) is -0.167. The van der Waals surface area contributed by atoms with Gasteiger partial charge in [-0.2, -0.15) is 13.2 Å². The Kier molecular flexibility index (Phi) is 5.46. The number of hydrogen-bond donors (Lipinski definition) is 1. The second-order valence-electron chi connectivity index (χ2n) is 5.97. The maximum Gasteiger partial charge on any atom is 0.416 e. The van der Waals surface area contributed by atoms with Gasteiger partial charge in [0, 0.05) is 12.3 Å². The molecule has 1 amide bonds. The summed E-state index contributed by atoms with van der Waals surface area (Å²) >= 11 is 0. The summed E-state index contributed by atoms with van der Waals surface area (Å²) in [5.41, 5.74) is -0.500. The van der Waals surface area contributed by atoms with E-state index in [1.165, 1.54) is 12.1 Å². The second kappa shape index (κ2) is 7.78. The van der Waals surface area contributed by atoms with Gasteiger partial charge in [-0.3, -0.25) is 4.79 Å². The fraction of sp³-hybridized carbons (Fsp3) is 0.316. The molecule has 1 aliphatic heterocycles. The van der Waals surface area contributed by atoms with Crippen molar-refractivity contribution >= 4 is 11.6 Å². The molecule has 1 aliphatic rings. The summed E-state index contributed by atoms with van der Waals surface area (Å²) in [6.07, 6.45) is -2.59. The van der Waals surface area contributed by atoms with E-state index in [1.54, 1.807) is 24.3 Å². The van der Waals surface area contributed by atoms with Crippen LogP contribution in [0.15, 0.2) is 48.5 Å². The molecule has 4 nitrogen and oxygen atoms in total. The van der Waals surface area contributed by atoms with Crippen molar-refractivity contribution in [2.75, 3.05) is 18.5 Å². The zero-order valence-corrected chi connectivity index (χ0v) is 13.9. The van der Waals surface area contributed by atoms with Gasteiger partial charge in [0.15, 0.2) is 0 Å². The van der Waals surface area contributed by atoms with Crippen LogP contribution in [0.2, 0.25) is 0 Å². The molecule has 1 saturated heterocycles. The van der Waals surface area contributed by atoms with Crippen molar-refractivity contribution in [1.29, 1.82) is 0 Å². The summed E-state index contributed by atoms with van der Waals surface area (Å²) in [4.78, 5) is 12.5. The van der Waals surface area contributed by atoms with E-state index in [2.05, 4.69) is 5.32 Å². The first kappa shape index (κ1) is 18.3. The van der Waals surface area contributed by atoms with Gasteiger partial charge in [-0.1, -0.05) is 18.2 Å². The lowest BCUT2D eigenvalue weighted by atomic mass is 10.1. The molecule has 1 N–H and O–H groups in total. The molecule has 2 aromatic rings. The standard InChI is InChI=1S/C19H18F3NO3/c20-19(21,22)13-5-3-6-14(11-13)23-18(24)16-8-1-2-9-17(16)26-12-15-7-4-10-25-15/h1-3,5-6,8-9,11,15H,4,7,10,12H2,(H,23,24). The highest BCUT2D eigenvalue weighted by atomic mass is 19.4. The van der Waals surface area contributed by atoms with Crippen LogP contribution in [0.1, 0.15) is 28.8 Å². The maximum atomic E-state index is 12.8. The van der Waals surface area contributed by atoms with E-state index in [0.717, 1.165) is 25.0 Å². The molecule has 7 heteroatoms. The van der Waals surface area contributed by atoms with Crippen molar-refractivity contribution in [3.05, 3.63) is 59.7 Å². The number of anilines is 1. The Bertz CT molecular complexity index is 771. The van der Waals surface area contributed by atoms with E-state index in [-0.39, 0.29) is 17.4 Å². The Hall–Kier alpha value is -2.54. The first-order valence-electron chi connectivity index (χ1n) is 8.25. The van der Waals surface area contributed by atoms with Crippen molar-refractivity contribution in [2.45, 2.75) is 25.1 Å². The third-order valence-electron chi connectivity index (χ3n) is 4.03. The summed E-state index contributed by atoms with van der Waals surface area (Å²) in [6.45, 7) is 1.03. The summed E-state index contributed by atoms with van der Waals surface area (Å²) in [6, 6.07) is 11.1. The molecule has 0 aromatic heterocycles. The van der Waals surface area contributed by atoms with E-state index >= 15 is 0 Å². The Balaban J connectivity index is 1.71. The first-order chi connectivity index (χ1) is 12.4. The SMILES string of the molecule is O=C(Nc1cccc(C(F)(F)F)c1)c1ccccc1OCC1CCCO1. The molecule has 2 aromatic carbocycles. The van der Waals surface area contributed by atoms with E-state index in [4.69, 9.17) is 9.47 Å². The summed E-state index contributed by atoms with van der Waals surface area (Å²) in [7, 11) is 0. The number of benzene rings is 2. The van der Waals surface area contributed by atoms with Crippen molar-refractivity contribution in [2.24, 2.45) is 0 Å². The van der Waals surface area contributed by atoms with Crippen molar-refractivity contribution < 1.29 is 27.4 Å². The molecule has 1 fully saturated rings. The number of para-hydroxylation sites is 1. The fourth-order valence-corrected chi connectivity index (χ4v) is 2.71. The summed E-state index contributed by atoms with van der Waals surface area (Å²) in [5, 5.41) is 2.49. The number of halogens is 3. The zero-order valence-electron chi connectivity index (χ0n) is 13.9. The molecule has 26 heavy (non-hydrogen) atoms. The van der Waals surface area contributed by atoms with Gasteiger partial charge in [0.1, 0.15) is 12.4 Å². The first-order valence-corrected chi connectivity index (χ1v) is 8.25. The van der Waals surface area contributed by atoms with Crippen LogP contribution in [-0.4, -0.2) is 25.2 Å². The minimum atomic E-state index is -4.47. The quantitative estimate of drug-likeness (QED) is 0.848. The van der Waals surface area contributed by atoms with Gasteiger partial charge in [-0.05, 0) is 43.2 Å². The minimum Gasteiger partial charge on any atom is -0.490 e. The van der Waals surface area contributed by atoms with Crippen molar-refractivity contribution in [3.63, 3.8) is 0 Å². The minimum absolute atomic E-state index is 0.00501. The smallest absolute Gasteiger partial charge is 0.416 e. The molecule has 1 heterocycles. The van der Waals surface area contributed by atoms with Gasteiger partial charge >= 0.3 is 6.18 Å². The monoisotopic (exact) mass is 365 g/mol. The van der Waals surface area contributed by atoms with Crippen LogP contribution >= 0.6 is 0 Å². The highest BCUT2D eigenvalue weighted by molar-refractivity contribution is 6.06. The van der Waals surface area contributed by atoms with Crippen LogP contribution in [-0.2, 0) is 10.9 Å². The molecule has 0 bridgehead atoms. The number of ether oxygens (including phenoxy) is 2. The normalized spacial score (nSPS) is 17.1. The van der Waals surface area contributed by atoms with Crippen LogP contribution in [0.25, 0.3) is 0 Å². The van der Waals surface area contributed by atoms with Gasteiger partial charge in [-0.15, -0.1) is 0 Å². The predicted octanol–water partition coefficient (Wildman–Crippen LogP) is 4.52.